The maximum atomic E-state index is 12.8. The summed E-state index contributed by atoms with van der Waals surface area (Å²) in [7, 11) is -3.36. The third kappa shape index (κ3) is 5.11. The molecule has 1 saturated heterocycles. The number of sulfonamides is 1. The Labute approximate surface area is 172 Å². The van der Waals surface area contributed by atoms with Crippen molar-refractivity contribution in [3.05, 3.63) is 58.6 Å². The van der Waals surface area contributed by atoms with Gasteiger partial charge in [-0.15, -0.1) is 0 Å². The van der Waals surface area contributed by atoms with Crippen LogP contribution in [0, 0.1) is 0 Å². The minimum atomic E-state index is -3.36. The van der Waals surface area contributed by atoms with Gasteiger partial charge in [0.05, 0.1) is 6.26 Å². The van der Waals surface area contributed by atoms with Gasteiger partial charge in [0.1, 0.15) is 6.04 Å². The van der Waals surface area contributed by atoms with Crippen molar-refractivity contribution < 1.29 is 18.0 Å². The van der Waals surface area contributed by atoms with E-state index in [0.29, 0.717) is 29.9 Å². The van der Waals surface area contributed by atoms with Crippen LogP contribution in [0.3, 0.4) is 0 Å². The molecule has 0 radical (unpaired) electrons. The molecule has 0 spiro atoms. The smallest absolute Gasteiger partial charge is 0.254 e. The Hall–Kier alpha value is -2.39. The number of nitrogens with one attached hydrogen (secondary N) is 2. The third-order valence-corrected chi connectivity index (χ3v) is 5.50. The number of carbonyl (C=O) groups is 2. The Morgan fingerprint density at radius 1 is 1.04 bits per heavy atom. The van der Waals surface area contributed by atoms with E-state index in [0.717, 1.165) is 17.1 Å². The number of hydrogen-bond acceptors (Lipinski definition) is 4. The molecule has 9 heteroatoms. The average Bonchev–Trinajstić information content (AvgIpc) is 3.12. The second-order valence-electron chi connectivity index (χ2n) is 6.60. The summed E-state index contributed by atoms with van der Waals surface area (Å²) in [5.41, 5.74) is 1.49. The van der Waals surface area contributed by atoms with Gasteiger partial charge in [0, 0.05) is 28.0 Å². The van der Waals surface area contributed by atoms with E-state index in [1.54, 1.807) is 53.4 Å². The highest BCUT2D eigenvalue weighted by atomic mass is 79.9. The van der Waals surface area contributed by atoms with E-state index in [2.05, 4.69) is 26.0 Å². The summed E-state index contributed by atoms with van der Waals surface area (Å²) >= 11 is 3.34. The van der Waals surface area contributed by atoms with Crippen LogP contribution in [0.4, 0.5) is 11.4 Å². The van der Waals surface area contributed by atoms with E-state index in [1.165, 1.54) is 0 Å². The van der Waals surface area contributed by atoms with Crippen LogP contribution in [-0.4, -0.2) is 44.0 Å². The Balaban J connectivity index is 1.67. The molecule has 0 bridgehead atoms. The Kier molecular flexibility index (Phi) is 6.04. The van der Waals surface area contributed by atoms with Gasteiger partial charge in [-0.3, -0.25) is 14.3 Å². The lowest BCUT2D eigenvalue weighted by molar-refractivity contribution is -0.119. The van der Waals surface area contributed by atoms with Crippen LogP contribution in [0.5, 0.6) is 0 Å². The highest BCUT2D eigenvalue weighted by Gasteiger charge is 2.34. The van der Waals surface area contributed by atoms with Gasteiger partial charge in [-0.2, -0.15) is 0 Å². The van der Waals surface area contributed by atoms with Crippen molar-refractivity contribution in [1.29, 1.82) is 0 Å². The van der Waals surface area contributed by atoms with Crippen LogP contribution in [0.25, 0.3) is 0 Å². The summed E-state index contributed by atoms with van der Waals surface area (Å²) in [5, 5.41) is 2.80. The van der Waals surface area contributed by atoms with Gasteiger partial charge in [-0.1, -0.05) is 15.9 Å². The molecule has 1 atom stereocenters. The van der Waals surface area contributed by atoms with Crippen molar-refractivity contribution in [3.63, 3.8) is 0 Å². The molecule has 7 nitrogen and oxygen atoms in total. The first-order valence-corrected chi connectivity index (χ1v) is 11.4. The van der Waals surface area contributed by atoms with E-state index in [1.807, 2.05) is 0 Å². The number of carbonyl (C=O) groups excluding carboxylic acids is 2. The molecule has 3 rings (SSSR count). The van der Waals surface area contributed by atoms with Crippen molar-refractivity contribution >= 4 is 49.1 Å². The zero-order chi connectivity index (χ0) is 20.3. The fourth-order valence-corrected chi connectivity index (χ4v) is 3.93. The van der Waals surface area contributed by atoms with E-state index >= 15 is 0 Å². The lowest BCUT2D eigenvalue weighted by Crippen LogP contribution is -2.43. The van der Waals surface area contributed by atoms with Crippen LogP contribution >= 0.6 is 15.9 Å². The summed E-state index contributed by atoms with van der Waals surface area (Å²) in [6.45, 7) is 0.532. The van der Waals surface area contributed by atoms with Gasteiger partial charge in [-0.05, 0) is 61.4 Å². The van der Waals surface area contributed by atoms with Gasteiger partial charge in [0.15, 0.2) is 0 Å². The number of halogens is 1. The molecular weight excluding hydrogens is 446 g/mol. The number of nitrogens with zero attached hydrogens (tertiary/aromatic N) is 1. The maximum Gasteiger partial charge on any atom is 0.254 e. The molecule has 0 aliphatic carbocycles. The molecule has 1 aliphatic heterocycles. The van der Waals surface area contributed by atoms with Crippen molar-refractivity contribution in [2.75, 3.05) is 22.8 Å². The van der Waals surface area contributed by atoms with Crippen LogP contribution in [0.15, 0.2) is 53.0 Å². The van der Waals surface area contributed by atoms with Crippen molar-refractivity contribution in [1.82, 2.24) is 4.90 Å². The van der Waals surface area contributed by atoms with E-state index in [9.17, 15) is 18.0 Å². The fraction of sp³-hybridized carbons (Fsp3) is 0.263. The Morgan fingerprint density at radius 2 is 1.64 bits per heavy atom. The van der Waals surface area contributed by atoms with E-state index in [-0.39, 0.29) is 11.8 Å². The predicted molar refractivity (Wildman–Crippen MR) is 112 cm³/mol. The SMILES string of the molecule is CS(=O)(=O)Nc1ccc(NC(=O)C2CCCN2C(=O)c2ccc(Br)cc2)cc1. The predicted octanol–water partition coefficient (Wildman–Crippen LogP) is 3.06. The number of likely N-dealkylation sites (tertiary alicyclic amines) is 1. The second kappa shape index (κ2) is 8.32. The number of hydrogen-bond donors (Lipinski definition) is 2. The Bertz CT molecular complexity index is 975. The molecule has 1 aliphatic rings. The average molecular weight is 466 g/mol. The Morgan fingerprint density at radius 3 is 2.25 bits per heavy atom. The second-order valence-corrected chi connectivity index (χ2v) is 9.27. The summed E-state index contributed by atoms with van der Waals surface area (Å²) in [5.74, 6) is -0.426. The molecule has 1 heterocycles. The molecule has 0 aromatic heterocycles. The first-order chi connectivity index (χ1) is 13.2. The lowest BCUT2D eigenvalue weighted by Gasteiger charge is -2.24. The number of rotatable bonds is 5. The van der Waals surface area contributed by atoms with E-state index < -0.39 is 16.1 Å². The normalized spacial score (nSPS) is 16.6. The minimum absolute atomic E-state index is 0.169. The minimum Gasteiger partial charge on any atom is -0.327 e. The molecule has 0 saturated carbocycles. The van der Waals surface area contributed by atoms with Gasteiger partial charge < -0.3 is 10.2 Å². The molecule has 1 fully saturated rings. The molecule has 2 amide bonds. The maximum absolute atomic E-state index is 12.8. The van der Waals surface area contributed by atoms with Crippen LogP contribution in [0.2, 0.25) is 0 Å². The number of benzene rings is 2. The van der Waals surface area contributed by atoms with Crippen molar-refractivity contribution in [2.45, 2.75) is 18.9 Å². The summed E-state index contributed by atoms with van der Waals surface area (Å²) in [6, 6.07) is 12.9. The number of anilines is 2. The van der Waals surface area contributed by atoms with Gasteiger partial charge in [0.2, 0.25) is 15.9 Å². The third-order valence-electron chi connectivity index (χ3n) is 4.36. The first kappa shape index (κ1) is 20.3. The molecule has 1 unspecified atom stereocenters. The van der Waals surface area contributed by atoms with Crippen molar-refractivity contribution in [3.8, 4) is 0 Å². The monoisotopic (exact) mass is 465 g/mol. The highest BCUT2D eigenvalue weighted by molar-refractivity contribution is 9.10. The van der Waals surface area contributed by atoms with E-state index in [4.69, 9.17) is 0 Å². The molecule has 2 aromatic carbocycles. The van der Waals surface area contributed by atoms with Crippen LogP contribution in [0.1, 0.15) is 23.2 Å². The molecule has 2 aromatic rings. The van der Waals surface area contributed by atoms with Gasteiger partial charge in [0.25, 0.3) is 5.91 Å². The van der Waals surface area contributed by atoms with Gasteiger partial charge >= 0.3 is 0 Å². The van der Waals surface area contributed by atoms with Crippen LogP contribution < -0.4 is 10.0 Å². The zero-order valence-electron chi connectivity index (χ0n) is 15.2. The topological polar surface area (TPSA) is 95.6 Å². The lowest BCUT2D eigenvalue weighted by atomic mass is 10.1. The summed E-state index contributed by atoms with van der Waals surface area (Å²) < 4.78 is 25.8. The molecule has 148 valence electrons. The summed E-state index contributed by atoms with van der Waals surface area (Å²) in [6.07, 6.45) is 2.43. The summed E-state index contributed by atoms with van der Waals surface area (Å²) in [4.78, 5) is 27.1. The zero-order valence-corrected chi connectivity index (χ0v) is 17.6. The molecular formula is C19H20BrN3O4S. The fourth-order valence-electron chi connectivity index (χ4n) is 3.10. The number of amides is 2. The van der Waals surface area contributed by atoms with Gasteiger partial charge in [-0.25, -0.2) is 8.42 Å². The van der Waals surface area contributed by atoms with Crippen molar-refractivity contribution in [2.24, 2.45) is 0 Å². The highest BCUT2D eigenvalue weighted by Crippen LogP contribution is 2.23. The molecule has 2 N–H and O–H groups in total. The standard InChI is InChI=1S/C19H20BrN3O4S/c1-28(26,27)22-16-10-8-15(9-11-16)21-18(24)17-3-2-12-23(17)19(25)13-4-6-14(20)7-5-13/h4-11,17,22H,2-3,12H2,1H3,(H,21,24). The molecule has 28 heavy (non-hydrogen) atoms. The quantitative estimate of drug-likeness (QED) is 0.708. The largest absolute Gasteiger partial charge is 0.327 e. The first-order valence-electron chi connectivity index (χ1n) is 8.68. The van der Waals surface area contributed by atoms with Crippen LogP contribution in [-0.2, 0) is 14.8 Å².